The molecule has 0 atom stereocenters. The van der Waals surface area contributed by atoms with Gasteiger partial charge in [-0.25, -0.2) is 0 Å². The Morgan fingerprint density at radius 3 is 2.73 bits per heavy atom. The molecule has 6 heteroatoms. The Hall–Kier alpha value is -2.78. The summed E-state index contributed by atoms with van der Waals surface area (Å²) in [5, 5.41) is 12.8. The Morgan fingerprint density at radius 2 is 2.18 bits per heavy atom. The van der Waals surface area contributed by atoms with Gasteiger partial charge < -0.3 is 15.8 Å². The molecule has 1 heterocycles. The summed E-state index contributed by atoms with van der Waals surface area (Å²) < 4.78 is 5.07. The van der Waals surface area contributed by atoms with Gasteiger partial charge in [-0.15, -0.1) is 17.9 Å². The van der Waals surface area contributed by atoms with Crippen molar-refractivity contribution in [3.8, 4) is 11.8 Å². The Labute approximate surface area is 132 Å². The molecular formula is C16H15N3O2S. The first-order valence-corrected chi connectivity index (χ1v) is 7.29. The molecule has 2 rings (SSSR count). The van der Waals surface area contributed by atoms with Crippen molar-refractivity contribution in [2.75, 3.05) is 24.7 Å². The van der Waals surface area contributed by atoms with Gasteiger partial charge in [0.05, 0.1) is 12.8 Å². The number of nitrogens with zero attached hydrogens (tertiary/aromatic N) is 1. The normalized spacial score (nSPS) is 9.82. The third-order valence-corrected chi connectivity index (χ3v) is 4.18. The van der Waals surface area contributed by atoms with Crippen molar-refractivity contribution in [3.05, 3.63) is 52.9 Å². The highest BCUT2D eigenvalue weighted by Crippen LogP contribution is 2.36. The number of nitriles is 1. The van der Waals surface area contributed by atoms with Crippen molar-refractivity contribution in [2.24, 2.45) is 0 Å². The average molecular weight is 313 g/mol. The molecule has 0 saturated carbocycles. The predicted octanol–water partition coefficient (Wildman–Crippen LogP) is 3.04. The average Bonchev–Trinajstić information content (AvgIpc) is 2.88. The molecule has 0 fully saturated rings. The smallest absolute Gasteiger partial charge is 0.205 e. The van der Waals surface area contributed by atoms with Crippen molar-refractivity contribution in [3.63, 3.8) is 0 Å². The Morgan fingerprint density at radius 1 is 1.50 bits per heavy atom. The molecule has 0 amide bonds. The summed E-state index contributed by atoms with van der Waals surface area (Å²) >= 11 is 1.18. The first kappa shape index (κ1) is 15.6. The molecule has 112 valence electrons. The monoisotopic (exact) mass is 313 g/mol. The second kappa shape index (κ2) is 6.78. The number of nitrogen functional groups attached to an aromatic ring is 1. The van der Waals surface area contributed by atoms with E-state index in [-0.39, 0.29) is 11.5 Å². The van der Waals surface area contributed by atoms with E-state index in [1.54, 1.807) is 37.5 Å². The highest BCUT2D eigenvalue weighted by Gasteiger charge is 2.21. The summed E-state index contributed by atoms with van der Waals surface area (Å²) in [5.74, 6) is 0.454. The van der Waals surface area contributed by atoms with Gasteiger partial charge in [-0.2, -0.15) is 5.26 Å². The van der Waals surface area contributed by atoms with Crippen molar-refractivity contribution in [1.29, 1.82) is 5.26 Å². The van der Waals surface area contributed by atoms with Crippen LogP contribution < -0.4 is 15.8 Å². The molecule has 0 saturated heterocycles. The molecule has 0 bridgehead atoms. The van der Waals surface area contributed by atoms with Crippen LogP contribution in [0.5, 0.6) is 5.75 Å². The van der Waals surface area contributed by atoms with Gasteiger partial charge >= 0.3 is 0 Å². The van der Waals surface area contributed by atoms with E-state index in [9.17, 15) is 10.1 Å². The van der Waals surface area contributed by atoms with E-state index < -0.39 is 0 Å². The lowest BCUT2D eigenvalue weighted by atomic mass is 10.1. The first-order valence-electron chi connectivity index (χ1n) is 6.48. The van der Waals surface area contributed by atoms with Gasteiger partial charge in [0.25, 0.3) is 0 Å². The second-order valence-electron chi connectivity index (χ2n) is 4.39. The van der Waals surface area contributed by atoms with Gasteiger partial charge in [0, 0.05) is 12.1 Å². The van der Waals surface area contributed by atoms with Gasteiger partial charge in [0.15, 0.2) is 0 Å². The summed E-state index contributed by atoms with van der Waals surface area (Å²) in [4.78, 5) is 12.9. The minimum absolute atomic E-state index is 0.208. The molecule has 2 aromatic rings. The highest BCUT2D eigenvalue weighted by molar-refractivity contribution is 7.19. The number of anilines is 2. The van der Waals surface area contributed by atoms with Crippen LogP contribution in [0.25, 0.3) is 0 Å². The number of ketones is 1. The van der Waals surface area contributed by atoms with E-state index in [1.807, 2.05) is 6.07 Å². The minimum Gasteiger partial charge on any atom is -0.497 e. The van der Waals surface area contributed by atoms with Gasteiger partial charge in [0.2, 0.25) is 5.78 Å². The standard InChI is InChI=1S/C16H15N3O2S/c1-3-8-19-16-12(9-17)13(18)15(22-16)14(20)10-4-6-11(21-2)7-5-10/h3-7,19H,1,8,18H2,2H3. The van der Waals surface area contributed by atoms with Crippen LogP contribution in [0.4, 0.5) is 10.7 Å². The zero-order chi connectivity index (χ0) is 16.1. The molecule has 0 radical (unpaired) electrons. The predicted molar refractivity (Wildman–Crippen MR) is 88.6 cm³/mol. The number of benzene rings is 1. The van der Waals surface area contributed by atoms with Crippen LogP contribution in [0.3, 0.4) is 0 Å². The molecule has 0 aliphatic rings. The fraction of sp³-hybridized carbons (Fsp3) is 0.125. The maximum Gasteiger partial charge on any atom is 0.205 e. The summed E-state index contributed by atoms with van der Waals surface area (Å²) in [5.41, 5.74) is 6.95. The van der Waals surface area contributed by atoms with E-state index in [1.165, 1.54) is 11.3 Å². The Kier molecular flexibility index (Phi) is 4.81. The van der Waals surface area contributed by atoms with E-state index in [4.69, 9.17) is 10.5 Å². The van der Waals surface area contributed by atoms with E-state index in [2.05, 4.69) is 11.9 Å². The highest BCUT2D eigenvalue weighted by atomic mass is 32.1. The zero-order valence-electron chi connectivity index (χ0n) is 12.1. The van der Waals surface area contributed by atoms with Crippen molar-refractivity contribution in [1.82, 2.24) is 0 Å². The third kappa shape index (κ3) is 2.95. The lowest BCUT2D eigenvalue weighted by molar-refractivity contribution is 0.104. The topological polar surface area (TPSA) is 88.1 Å². The third-order valence-electron chi connectivity index (χ3n) is 3.02. The number of nitrogens with two attached hydrogens (primary N) is 1. The van der Waals surface area contributed by atoms with Crippen LogP contribution in [-0.2, 0) is 0 Å². The SMILES string of the molecule is C=CCNc1sc(C(=O)c2ccc(OC)cc2)c(N)c1C#N. The number of thiophene rings is 1. The summed E-state index contributed by atoms with van der Waals surface area (Å²) in [6, 6.07) is 8.79. The van der Waals surface area contributed by atoms with Crippen LogP contribution in [0.2, 0.25) is 0 Å². The van der Waals surface area contributed by atoms with Gasteiger partial charge in [0.1, 0.15) is 27.3 Å². The van der Waals surface area contributed by atoms with Crippen molar-refractivity contribution >= 4 is 27.8 Å². The molecule has 5 nitrogen and oxygen atoms in total. The van der Waals surface area contributed by atoms with Gasteiger partial charge in [-0.3, -0.25) is 4.79 Å². The number of ether oxygens (including phenoxy) is 1. The van der Waals surface area contributed by atoms with Crippen LogP contribution in [0, 0.1) is 11.3 Å². The van der Waals surface area contributed by atoms with Crippen LogP contribution in [0.1, 0.15) is 20.8 Å². The number of carbonyl (C=O) groups excluding carboxylic acids is 1. The lowest BCUT2D eigenvalue weighted by Crippen LogP contribution is -2.02. The fourth-order valence-corrected chi connectivity index (χ4v) is 2.93. The summed E-state index contributed by atoms with van der Waals surface area (Å²) in [7, 11) is 1.56. The van der Waals surface area contributed by atoms with Crippen molar-refractivity contribution in [2.45, 2.75) is 0 Å². The molecular weight excluding hydrogens is 298 g/mol. The second-order valence-corrected chi connectivity index (χ2v) is 5.41. The maximum absolute atomic E-state index is 12.6. The lowest BCUT2D eigenvalue weighted by Gasteiger charge is -2.02. The van der Waals surface area contributed by atoms with Crippen molar-refractivity contribution < 1.29 is 9.53 Å². The number of carbonyl (C=O) groups is 1. The van der Waals surface area contributed by atoms with Crippen LogP contribution in [0.15, 0.2) is 36.9 Å². The molecule has 0 aliphatic carbocycles. The Bertz CT molecular complexity index is 742. The first-order chi connectivity index (χ1) is 10.6. The number of nitrogens with one attached hydrogen (secondary N) is 1. The van der Waals surface area contributed by atoms with Crippen LogP contribution >= 0.6 is 11.3 Å². The molecule has 0 spiro atoms. The number of rotatable bonds is 6. The molecule has 22 heavy (non-hydrogen) atoms. The Balaban J connectivity index is 2.38. The van der Waals surface area contributed by atoms with E-state index in [0.717, 1.165) is 0 Å². The number of hydrogen-bond donors (Lipinski definition) is 2. The number of hydrogen-bond acceptors (Lipinski definition) is 6. The fourth-order valence-electron chi connectivity index (χ4n) is 1.89. The molecule has 0 unspecified atom stereocenters. The largest absolute Gasteiger partial charge is 0.497 e. The van der Waals surface area contributed by atoms with E-state index >= 15 is 0 Å². The molecule has 0 aliphatic heterocycles. The van der Waals surface area contributed by atoms with Crippen LogP contribution in [-0.4, -0.2) is 19.4 Å². The maximum atomic E-state index is 12.6. The zero-order valence-corrected chi connectivity index (χ0v) is 12.9. The summed E-state index contributed by atoms with van der Waals surface area (Å²) in [6.07, 6.45) is 1.67. The van der Waals surface area contributed by atoms with Gasteiger partial charge in [-0.1, -0.05) is 6.08 Å². The summed E-state index contributed by atoms with van der Waals surface area (Å²) in [6.45, 7) is 4.10. The quantitative estimate of drug-likeness (QED) is 0.632. The van der Waals surface area contributed by atoms with E-state index in [0.29, 0.717) is 33.3 Å². The number of methoxy groups -OCH3 is 1. The molecule has 1 aromatic heterocycles. The van der Waals surface area contributed by atoms with Gasteiger partial charge in [-0.05, 0) is 24.3 Å². The molecule has 1 aromatic carbocycles. The molecule has 3 N–H and O–H groups in total. The minimum atomic E-state index is -0.215.